The van der Waals surface area contributed by atoms with Crippen molar-refractivity contribution in [2.75, 3.05) is 20.0 Å². The van der Waals surface area contributed by atoms with Gasteiger partial charge in [-0.05, 0) is 42.4 Å². The molecular formula is C21H22O4S. The third-order valence-electron chi connectivity index (χ3n) is 4.27. The highest BCUT2D eigenvalue weighted by Crippen LogP contribution is 2.36. The fraction of sp³-hybridized carbons (Fsp3) is 0.286. The molecule has 0 radical (unpaired) electrons. The van der Waals surface area contributed by atoms with Gasteiger partial charge >= 0.3 is 5.63 Å². The van der Waals surface area contributed by atoms with E-state index in [0.717, 1.165) is 28.7 Å². The van der Waals surface area contributed by atoms with Crippen LogP contribution in [0.4, 0.5) is 0 Å². The van der Waals surface area contributed by atoms with Gasteiger partial charge in [0, 0.05) is 17.0 Å². The van der Waals surface area contributed by atoms with E-state index in [1.54, 1.807) is 26.4 Å². The SMILES string of the molecule is CCCSc1ccc(-c2c(C)c3c(OC)cc(OC)cc3oc2=O)cc1. The molecule has 2 aromatic carbocycles. The van der Waals surface area contributed by atoms with Gasteiger partial charge in [-0.15, -0.1) is 11.8 Å². The van der Waals surface area contributed by atoms with E-state index in [0.29, 0.717) is 22.6 Å². The van der Waals surface area contributed by atoms with Crippen molar-refractivity contribution >= 4 is 22.7 Å². The van der Waals surface area contributed by atoms with Gasteiger partial charge in [0.25, 0.3) is 0 Å². The van der Waals surface area contributed by atoms with Crippen LogP contribution in [0, 0.1) is 6.92 Å². The van der Waals surface area contributed by atoms with Gasteiger partial charge in [0.15, 0.2) is 0 Å². The summed E-state index contributed by atoms with van der Waals surface area (Å²) >= 11 is 1.81. The van der Waals surface area contributed by atoms with E-state index in [1.165, 1.54) is 4.90 Å². The molecule has 0 unspecified atom stereocenters. The molecule has 136 valence electrons. The van der Waals surface area contributed by atoms with Gasteiger partial charge in [0.1, 0.15) is 17.1 Å². The van der Waals surface area contributed by atoms with Gasteiger partial charge in [-0.25, -0.2) is 4.79 Å². The quantitative estimate of drug-likeness (QED) is 0.436. The predicted molar refractivity (Wildman–Crippen MR) is 107 cm³/mol. The summed E-state index contributed by atoms with van der Waals surface area (Å²) in [4.78, 5) is 13.9. The normalized spacial score (nSPS) is 10.9. The number of hydrogen-bond acceptors (Lipinski definition) is 5. The lowest BCUT2D eigenvalue weighted by Crippen LogP contribution is -2.07. The Morgan fingerprint density at radius 2 is 1.81 bits per heavy atom. The minimum Gasteiger partial charge on any atom is -0.496 e. The maximum atomic E-state index is 12.7. The Morgan fingerprint density at radius 3 is 2.42 bits per heavy atom. The summed E-state index contributed by atoms with van der Waals surface area (Å²) in [6, 6.07) is 11.5. The Labute approximate surface area is 157 Å². The minimum absolute atomic E-state index is 0.362. The molecule has 5 heteroatoms. The molecule has 0 amide bonds. The second kappa shape index (κ2) is 7.87. The number of thioether (sulfide) groups is 1. The molecule has 1 aromatic heterocycles. The number of aryl methyl sites for hydroxylation is 1. The average Bonchev–Trinajstić information content (AvgIpc) is 2.66. The van der Waals surface area contributed by atoms with Gasteiger partial charge < -0.3 is 13.9 Å². The summed E-state index contributed by atoms with van der Waals surface area (Å²) in [5, 5.41) is 0.785. The van der Waals surface area contributed by atoms with Crippen LogP contribution in [0.2, 0.25) is 0 Å². The van der Waals surface area contributed by atoms with E-state index in [2.05, 4.69) is 6.92 Å². The molecule has 0 spiro atoms. The first-order chi connectivity index (χ1) is 12.6. The fourth-order valence-electron chi connectivity index (χ4n) is 3.00. The maximum absolute atomic E-state index is 12.7. The molecule has 4 nitrogen and oxygen atoms in total. The Hall–Kier alpha value is -2.40. The lowest BCUT2D eigenvalue weighted by Gasteiger charge is -2.13. The zero-order valence-corrected chi connectivity index (χ0v) is 16.2. The van der Waals surface area contributed by atoms with E-state index in [1.807, 2.05) is 43.0 Å². The third kappa shape index (κ3) is 3.44. The van der Waals surface area contributed by atoms with Crippen LogP contribution < -0.4 is 15.1 Å². The Balaban J connectivity index is 2.16. The maximum Gasteiger partial charge on any atom is 0.344 e. The van der Waals surface area contributed by atoms with Crippen LogP contribution in [0.3, 0.4) is 0 Å². The number of benzene rings is 2. The Morgan fingerprint density at radius 1 is 1.08 bits per heavy atom. The summed E-state index contributed by atoms with van der Waals surface area (Å²) in [6.45, 7) is 4.08. The van der Waals surface area contributed by atoms with Crippen LogP contribution in [-0.2, 0) is 0 Å². The molecule has 0 atom stereocenters. The Kier molecular flexibility index (Phi) is 5.57. The first-order valence-corrected chi connectivity index (χ1v) is 9.50. The molecule has 0 saturated carbocycles. The number of ether oxygens (including phenoxy) is 2. The van der Waals surface area contributed by atoms with Crippen molar-refractivity contribution in [1.82, 2.24) is 0 Å². The van der Waals surface area contributed by atoms with Crippen LogP contribution >= 0.6 is 11.8 Å². The second-order valence-electron chi connectivity index (χ2n) is 5.97. The van der Waals surface area contributed by atoms with Crippen molar-refractivity contribution in [3.05, 3.63) is 52.4 Å². The van der Waals surface area contributed by atoms with Crippen molar-refractivity contribution in [2.24, 2.45) is 0 Å². The molecule has 1 heterocycles. The highest BCUT2D eigenvalue weighted by Gasteiger charge is 2.17. The van der Waals surface area contributed by atoms with Crippen LogP contribution in [0.5, 0.6) is 11.5 Å². The van der Waals surface area contributed by atoms with Crippen molar-refractivity contribution < 1.29 is 13.9 Å². The van der Waals surface area contributed by atoms with Crippen LogP contribution in [0.15, 0.2) is 50.5 Å². The van der Waals surface area contributed by atoms with Gasteiger partial charge in [0.2, 0.25) is 0 Å². The molecule has 0 aliphatic rings. The second-order valence-corrected chi connectivity index (χ2v) is 7.13. The summed E-state index contributed by atoms with van der Waals surface area (Å²) in [5.74, 6) is 2.29. The largest absolute Gasteiger partial charge is 0.496 e. The first-order valence-electron chi connectivity index (χ1n) is 8.51. The highest BCUT2D eigenvalue weighted by molar-refractivity contribution is 7.99. The Bertz CT molecular complexity index is 974. The van der Waals surface area contributed by atoms with Crippen LogP contribution in [0.25, 0.3) is 22.1 Å². The van der Waals surface area contributed by atoms with Crippen molar-refractivity contribution in [3.63, 3.8) is 0 Å². The number of methoxy groups -OCH3 is 2. The van der Waals surface area contributed by atoms with E-state index in [4.69, 9.17) is 13.9 Å². The number of fused-ring (bicyclic) bond motifs is 1. The van der Waals surface area contributed by atoms with Crippen LogP contribution in [-0.4, -0.2) is 20.0 Å². The third-order valence-corrected chi connectivity index (χ3v) is 5.49. The smallest absolute Gasteiger partial charge is 0.344 e. The summed E-state index contributed by atoms with van der Waals surface area (Å²) in [6.07, 6.45) is 1.13. The van der Waals surface area contributed by atoms with Crippen LogP contribution in [0.1, 0.15) is 18.9 Å². The molecule has 3 rings (SSSR count). The molecule has 0 bridgehead atoms. The topological polar surface area (TPSA) is 48.7 Å². The molecule has 0 N–H and O–H groups in total. The standard InChI is InChI=1S/C21H22O4S/c1-5-10-26-16-8-6-14(7-9-16)19-13(2)20-17(24-4)11-15(23-3)12-18(20)25-21(19)22/h6-9,11-12H,5,10H2,1-4H3. The lowest BCUT2D eigenvalue weighted by molar-refractivity contribution is 0.396. The van der Waals surface area contributed by atoms with Gasteiger partial charge in [0.05, 0.1) is 25.2 Å². The summed E-state index contributed by atoms with van der Waals surface area (Å²) in [5.41, 5.74) is 2.34. The lowest BCUT2D eigenvalue weighted by atomic mass is 9.99. The molecule has 0 aliphatic heterocycles. The van der Waals surface area contributed by atoms with Crippen molar-refractivity contribution in [1.29, 1.82) is 0 Å². The highest BCUT2D eigenvalue weighted by atomic mass is 32.2. The van der Waals surface area contributed by atoms with E-state index < -0.39 is 0 Å². The van der Waals surface area contributed by atoms with Gasteiger partial charge in [-0.3, -0.25) is 0 Å². The first kappa shape index (κ1) is 18.4. The minimum atomic E-state index is -0.362. The van der Waals surface area contributed by atoms with Crippen molar-refractivity contribution in [3.8, 4) is 22.6 Å². The van der Waals surface area contributed by atoms with Crippen molar-refractivity contribution in [2.45, 2.75) is 25.2 Å². The molecular weight excluding hydrogens is 348 g/mol. The molecule has 0 saturated heterocycles. The molecule has 0 aliphatic carbocycles. The fourth-order valence-corrected chi connectivity index (χ4v) is 3.76. The number of rotatable bonds is 6. The number of hydrogen-bond donors (Lipinski definition) is 0. The molecule has 3 aromatic rings. The van der Waals surface area contributed by atoms with E-state index in [-0.39, 0.29) is 5.63 Å². The average molecular weight is 370 g/mol. The predicted octanol–water partition coefficient (Wildman–Crippen LogP) is 5.29. The van der Waals surface area contributed by atoms with Gasteiger partial charge in [-0.2, -0.15) is 0 Å². The molecule has 0 fully saturated rings. The monoisotopic (exact) mass is 370 g/mol. The van der Waals surface area contributed by atoms with E-state index >= 15 is 0 Å². The van der Waals surface area contributed by atoms with E-state index in [9.17, 15) is 4.79 Å². The summed E-state index contributed by atoms with van der Waals surface area (Å²) in [7, 11) is 3.16. The van der Waals surface area contributed by atoms with Gasteiger partial charge in [-0.1, -0.05) is 19.1 Å². The summed E-state index contributed by atoms with van der Waals surface area (Å²) < 4.78 is 16.3. The zero-order valence-electron chi connectivity index (χ0n) is 15.4. The molecule has 26 heavy (non-hydrogen) atoms. The zero-order chi connectivity index (χ0) is 18.7.